The number of nitrogens with one attached hydrogen (secondary N) is 1. The molecule has 0 aliphatic rings. The average Bonchev–Trinajstić information content (AvgIpc) is 2.51. The van der Waals surface area contributed by atoms with Gasteiger partial charge in [0.2, 0.25) is 0 Å². The standard InChI is InChI=1S/C13H11N3O6S/c17-12-6-1-3-9(13(12)18)8-14-15-23(21,22)11-5-2-4-10(7-11)16(19)20/h1-8,15,17-18H. The van der Waals surface area contributed by atoms with Gasteiger partial charge in [-0.2, -0.15) is 13.5 Å². The zero-order valence-corrected chi connectivity index (χ0v) is 12.3. The van der Waals surface area contributed by atoms with Crippen molar-refractivity contribution in [3.8, 4) is 11.5 Å². The summed E-state index contributed by atoms with van der Waals surface area (Å²) in [7, 11) is -4.11. The normalized spacial score (nSPS) is 11.5. The van der Waals surface area contributed by atoms with Crippen molar-refractivity contribution in [3.63, 3.8) is 0 Å². The van der Waals surface area contributed by atoms with Gasteiger partial charge in [0.1, 0.15) is 0 Å². The first-order valence-corrected chi connectivity index (χ1v) is 7.60. The minimum atomic E-state index is -4.11. The number of nitrogens with zero attached hydrogens (tertiary/aromatic N) is 2. The average molecular weight is 337 g/mol. The van der Waals surface area contributed by atoms with Crippen molar-refractivity contribution in [2.75, 3.05) is 0 Å². The molecule has 0 radical (unpaired) electrons. The lowest BCUT2D eigenvalue weighted by Crippen LogP contribution is -2.18. The Labute approximate surface area is 130 Å². The largest absolute Gasteiger partial charge is 0.504 e. The van der Waals surface area contributed by atoms with E-state index in [0.29, 0.717) is 0 Å². The summed E-state index contributed by atoms with van der Waals surface area (Å²) in [6, 6.07) is 8.55. The van der Waals surface area contributed by atoms with E-state index in [1.165, 1.54) is 30.3 Å². The predicted octanol–water partition coefficient (Wildman–Crippen LogP) is 1.32. The topological polar surface area (TPSA) is 142 Å². The van der Waals surface area contributed by atoms with Crippen molar-refractivity contribution >= 4 is 21.9 Å². The Morgan fingerprint density at radius 3 is 2.57 bits per heavy atom. The molecule has 9 nitrogen and oxygen atoms in total. The van der Waals surface area contributed by atoms with E-state index in [1.54, 1.807) is 0 Å². The first-order valence-electron chi connectivity index (χ1n) is 6.11. The molecule has 3 N–H and O–H groups in total. The summed E-state index contributed by atoms with van der Waals surface area (Å²) in [4.78, 5) is 11.5. The third-order valence-corrected chi connectivity index (χ3v) is 3.98. The third kappa shape index (κ3) is 3.74. The second-order valence-electron chi connectivity index (χ2n) is 4.32. The van der Waals surface area contributed by atoms with Gasteiger partial charge in [-0.3, -0.25) is 10.1 Å². The molecule has 0 saturated heterocycles. The Kier molecular flexibility index (Phi) is 4.46. The van der Waals surface area contributed by atoms with Gasteiger partial charge in [-0.25, -0.2) is 4.83 Å². The number of phenols is 2. The molecule has 0 amide bonds. The summed E-state index contributed by atoms with van der Waals surface area (Å²) in [5, 5.41) is 33.0. The van der Waals surface area contributed by atoms with Crippen LogP contribution in [-0.4, -0.2) is 29.8 Å². The molecule has 2 aromatic carbocycles. The van der Waals surface area contributed by atoms with Crippen LogP contribution in [0, 0.1) is 10.1 Å². The number of nitro benzene ring substituents is 1. The van der Waals surface area contributed by atoms with Gasteiger partial charge in [0, 0.05) is 17.7 Å². The third-order valence-electron chi connectivity index (χ3n) is 2.76. The number of aromatic hydroxyl groups is 2. The number of hydrogen-bond acceptors (Lipinski definition) is 7. The molecule has 0 spiro atoms. The van der Waals surface area contributed by atoms with E-state index in [2.05, 4.69) is 5.10 Å². The van der Waals surface area contributed by atoms with Crippen molar-refractivity contribution in [1.82, 2.24) is 4.83 Å². The highest BCUT2D eigenvalue weighted by Crippen LogP contribution is 2.26. The van der Waals surface area contributed by atoms with Crippen LogP contribution in [0.1, 0.15) is 5.56 Å². The SMILES string of the molecule is O=[N+]([O-])c1cccc(S(=O)(=O)NN=Cc2cccc(O)c2O)c1. The molecule has 23 heavy (non-hydrogen) atoms. The van der Waals surface area contributed by atoms with Gasteiger partial charge in [0.05, 0.1) is 16.0 Å². The fourth-order valence-electron chi connectivity index (χ4n) is 1.64. The van der Waals surface area contributed by atoms with Gasteiger partial charge in [-0.15, -0.1) is 0 Å². The molecular formula is C13H11N3O6S. The smallest absolute Gasteiger partial charge is 0.276 e. The van der Waals surface area contributed by atoms with E-state index in [0.717, 1.165) is 18.3 Å². The number of nitro groups is 1. The Bertz CT molecular complexity index is 879. The van der Waals surface area contributed by atoms with Crippen molar-refractivity contribution in [1.29, 1.82) is 0 Å². The number of para-hydroxylation sites is 1. The summed E-state index contributed by atoms with van der Waals surface area (Å²) in [6.45, 7) is 0. The molecule has 0 aliphatic heterocycles. The molecule has 0 bridgehead atoms. The lowest BCUT2D eigenvalue weighted by molar-refractivity contribution is -0.385. The molecule has 0 unspecified atom stereocenters. The van der Waals surface area contributed by atoms with Gasteiger partial charge < -0.3 is 10.2 Å². The molecule has 0 aromatic heterocycles. The Morgan fingerprint density at radius 1 is 1.17 bits per heavy atom. The van der Waals surface area contributed by atoms with Crippen LogP contribution in [-0.2, 0) is 10.0 Å². The van der Waals surface area contributed by atoms with E-state index in [4.69, 9.17) is 0 Å². The minimum Gasteiger partial charge on any atom is -0.504 e. The Balaban J connectivity index is 2.22. The van der Waals surface area contributed by atoms with Gasteiger partial charge in [0.25, 0.3) is 15.7 Å². The second kappa shape index (κ2) is 6.32. The van der Waals surface area contributed by atoms with Gasteiger partial charge in [-0.1, -0.05) is 12.1 Å². The summed E-state index contributed by atoms with van der Waals surface area (Å²) in [5.74, 6) is -0.832. The molecule has 120 valence electrons. The zero-order valence-electron chi connectivity index (χ0n) is 11.4. The molecule has 0 heterocycles. The fourth-order valence-corrected chi connectivity index (χ4v) is 2.47. The van der Waals surface area contributed by atoms with Crippen molar-refractivity contribution in [3.05, 3.63) is 58.1 Å². The molecule has 0 saturated carbocycles. The summed E-state index contributed by atoms with van der Waals surface area (Å²) in [5.41, 5.74) is -0.283. The number of hydrogen-bond donors (Lipinski definition) is 3. The van der Waals surface area contributed by atoms with Crippen molar-refractivity contribution in [2.24, 2.45) is 5.10 Å². The van der Waals surface area contributed by atoms with Crippen LogP contribution in [0.5, 0.6) is 11.5 Å². The monoisotopic (exact) mass is 337 g/mol. The number of rotatable bonds is 5. The summed E-state index contributed by atoms with van der Waals surface area (Å²) < 4.78 is 24.0. The van der Waals surface area contributed by atoms with Gasteiger partial charge in [0.15, 0.2) is 11.5 Å². The quantitative estimate of drug-likeness (QED) is 0.325. The first kappa shape index (κ1) is 16.2. The van der Waals surface area contributed by atoms with Crippen molar-refractivity contribution < 1.29 is 23.6 Å². The fraction of sp³-hybridized carbons (Fsp3) is 0. The molecule has 2 rings (SSSR count). The number of non-ortho nitro benzene ring substituents is 1. The predicted molar refractivity (Wildman–Crippen MR) is 80.8 cm³/mol. The minimum absolute atomic E-state index is 0.0896. The number of hydrazone groups is 1. The van der Waals surface area contributed by atoms with Crippen LogP contribution in [0.4, 0.5) is 5.69 Å². The van der Waals surface area contributed by atoms with Crippen LogP contribution in [0.2, 0.25) is 0 Å². The molecule has 0 fully saturated rings. The summed E-state index contributed by atoms with van der Waals surface area (Å²) in [6.07, 6.45) is 0.990. The maximum absolute atomic E-state index is 12.0. The maximum Gasteiger partial charge on any atom is 0.276 e. The van der Waals surface area contributed by atoms with Crippen LogP contribution in [0.25, 0.3) is 0 Å². The molecule has 2 aromatic rings. The van der Waals surface area contributed by atoms with Gasteiger partial charge >= 0.3 is 0 Å². The zero-order chi connectivity index (χ0) is 17.0. The Hall–Kier alpha value is -3.14. The first-order chi connectivity index (χ1) is 10.8. The second-order valence-corrected chi connectivity index (χ2v) is 5.98. The van der Waals surface area contributed by atoms with E-state index in [1.807, 2.05) is 4.83 Å². The van der Waals surface area contributed by atoms with Crippen LogP contribution in [0.3, 0.4) is 0 Å². The highest BCUT2D eigenvalue weighted by Gasteiger charge is 2.16. The van der Waals surface area contributed by atoms with Crippen LogP contribution >= 0.6 is 0 Å². The maximum atomic E-state index is 12.0. The van der Waals surface area contributed by atoms with Crippen LogP contribution in [0.15, 0.2) is 52.5 Å². The van der Waals surface area contributed by atoms with E-state index < -0.39 is 20.7 Å². The van der Waals surface area contributed by atoms with Gasteiger partial charge in [-0.05, 0) is 18.2 Å². The lowest BCUT2D eigenvalue weighted by Gasteiger charge is -2.04. The van der Waals surface area contributed by atoms with E-state index in [-0.39, 0.29) is 21.9 Å². The highest BCUT2D eigenvalue weighted by molar-refractivity contribution is 7.89. The molecule has 0 aliphatic carbocycles. The number of phenolic OH excluding ortho intramolecular Hbond substituents is 2. The lowest BCUT2D eigenvalue weighted by atomic mass is 10.2. The van der Waals surface area contributed by atoms with Crippen molar-refractivity contribution in [2.45, 2.75) is 4.90 Å². The summed E-state index contributed by atoms with van der Waals surface area (Å²) >= 11 is 0. The molecule has 10 heteroatoms. The van der Waals surface area contributed by atoms with Crippen LogP contribution < -0.4 is 4.83 Å². The van der Waals surface area contributed by atoms with E-state index >= 15 is 0 Å². The Morgan fingerprint density at radius 2 is 1.87 bits per heavy atom. The van der Waals surface area contributed by atoms with E-state index in [9.17, 15) is 28.7 Å². The highest BCUT2D eigenvalue weighted by atomic mass is 32.2. The number of sulfonamides is 1. The number of benzene rings is 2. The molecular weight excluding hydrogens is 326 g/mol. The molecule has 0 atom stereocenters.